The van der Waals surface area contributed by atoms with E-state index in [9.17, 15) is 9.59 Å². The van der Waals surface area contributed by atoms with Gasteiger partial charge in [-0.3, -0.25) is 4.79 Å². The smallest absolute Gasteiger partial charge is 0.416 e. The van der Waals surface area contributed by atoms with Crippen molar-refractivity contribution in [3.63, 3.8) is 0 Å². The lowest BCUT2D eigenvalue weighted by molar-refractivity contribution is -0.130. The number of allylic oxidation sites excluding steroid dienone is 1. The maximum absolute atomic E-state index is 12.6. The highest BCUT2D eigenvalue weighted by Crippen LogP contribution is 2.20. The number of carbonyl (C=O) groups excluding carboxylic acids is 2. The number of hydrogen-bond donors (Lipinski definition) is 0. The van der Waals surface area contributed by atoms with Gasteiger partial charge in [-0.2, -0.15) is 0 Å². The van der Waals surface area contributed by atoms with Crippen molar-refractivity contribution in [1.82, 2.24) is 4.90 Å². The first-order valence-electron chi connectivity index (χ1n) is 7.36. The SMILES string of the molecule is CC=CC[C@H](N=[N+]=[N-])C(=O)N1C(=O)OC[C@@H]1Cc1ccccc1. The van der Waals surface area contributed by atoms with Crippen LogP contribution in [0.4, 0.5) is 4.79 Å². The number of hydrogen-bond acceptors (Lipinski definition) is 4. The topological polar surface area (TPSA) is 95.4 Å². The fourth-order valence-electron chi connectivity index (χ4n) is 2.45. The number of nitrogens with zero attached hydrogens (tertiary/aromatic N) is 4. The maximum Gasteiger partial charge on any atom is 0.416 e. The molecule has 23 heavy (non-hydrogen) atoms. The van der Waals surface area contributed by atoms with Crippen LogP contribution in [0, 0.1) is 0 Å². The minimum absolute atomic E-state index is 0.145. The Morgan fingerprint density at radius 3 is 2.91 bits per heavy atom. The molecule has 0 aromatic heterocycles. The first-order chi connectivity index (χ1) is 11.2. The number of amides is 2. The van der Waals surface area contributed by atoms with Crippen LogP contribution in [-0.4, -0.2) is 35.6 Å². The second-order valence-electron chi connectivity index (χ2n) is 5.15. The van der Waals surface area contributed by atoms with E-state index in [0.29, 0.717) is 6.42 Å². The van der Waals surface area contributed by atoms with Crippen molar-refractivity contribution in [1.29, 1.82) is 0 Å². The lowest BCUT2D eigenvalue weighted by Crippen LogP contribution is -2.44. The number of carbonyl (C=O) groups is 2. The number of imide groups is 1. The molecule has 2 atom stereocenters. The summed E-state index contributed by atoms with van der Waals surface area (Å²) in [5.41, 5.74) is 9.64. The van der Waals surface area contributed by atoms with Crippen LogP contribution >= 0.6 is 0 Å². The summed E-state index contributed by atoms with van der Waals surface area (Å²) < 4.78 is 5.02. The highest BCUT2D eigenvalue weighted by atomic mass is 16.6. The van der Waals surface area contributed by atoms with Crippen molar-refractivity contribution in [2.45, 2.75) is 31.8 Å². The Morgan fingerprint density at radius 2 is 2.26 bits per heavy atom. The molecule has 1 saturated heterocycles. The van der Waals surface area contributed by atoms with Gasteiger partial charge in [0.15, 0.2) is 0 Å². The van der Waals surface area contributed by atoms with Crippen molar-refractivity contribution in [3.05, 3.63) is 58.5 Å². The van der Waals surface area contributed by atoms with Crippen LogP contribution in [0.3, 0.4) is 0 Å². The van der Waals surface area contributed by atoms with E-state index in [2.05, 4.69) is 10.0 Å². The molecule has 1 heterocycles. The third-order valence-corrected chi connectivity index (χ3v) is 3.58. The molecule has 0 spiro atoms. The van der Waals surface area contributed by atoms with Crippen molar-refractivity contribution >= 4 is 12.0 Å². The number of benzene rings is 1. The van der Waals surface area contributed by atoms with Gasteiger partial charge in [0.25, 0.3) is 0 Å². The van der Waals surface area contributed by atoms with Gasteiger partial charge in [-0.05, 0) is 30.9 Å². The Kier molecular flexibility index (Phi) is 5.77. The Bertz CT molecular complexity index is 638. The summed E-state index contributed by atoms with van der Waals surface area (Å²) in [6.07, 6.45) is 3.56. The molecule has 1 aliphatic heterocycles. The number of azide groups is 1. The first-order valence-corrected chi connectivity index (χ1v) is 7.36. The second kappa shape index (κ2) is 8.00. The van der Waals surface area contributed by atoms with E-state index in [1.54, 1.807) is 19.1 Å². The summed E-state index contributed by atoms with van der Waals surface area (Å²) in [6, 6.07) is 8.21. The van der Waals surface area contributed by atoms with Crippen LogP contribution < -0.4 is 0 Å². The first kappa shape index (κ1) is 16.6. The summed E-state index contributed by atoms with van der Waals surface area (Å²) >= 11 is 0. The van der Waals surface area contributed by atoms with Gasteiger partial charge in [-0.25, -0.2) is 9.69 Å². The van der Waals surface area contributed by atoms with Crippen LogP contribution in [0.5, 0.6) is 0 Å². The zero-order chi connectivity index (χ0) is 16.7. The van der Waals surface area contributed by atoms with Gasteiger partial charge in [-0.15, -0.1) is 0 Å². The zero-order valence-electron chi connectivity index (χ0n) is 12.8. The van der Waals surface area contributed by atoms with E-state index in [1.807, 2.05) is 30.3 Å². The third kappa shape index (κ3) is 4.11. The third-order valence-electron chi connectivity index (χ3n) is 3.58. The molecule has 2 rings (SSSR count). The van der Waals surface area contributed by atoms with E-state index >= 15 is 0 Å². The van der Waals surface area contributed by atoms with Gasteiger partial charge in [0.2, 0.25) is 5.91 Å². The molecule has 1 aromatic rings. The largest absolute Gasteiger partial charge is 0.447 e. The van der Waals surface area contributed by atoms with Gasteiger partial charge < -0.3 is 4.74 Å². The summed E-state index contributed by atoms with van der Waals surface area (Å²) in [5.74, 6) is -0.524. The van der Waals surface area contributed by atoms with Crippen LogP contribution in [0.1, 0.15) is 18.9 Å². The zero-order valence-corrected chi connectivity index (χ0v) is 12.8. The summed E-state index contributed by atoms with van der Waals surface area (Å²) in [5, 5.41) is 3.51. The number of cyclic esters (lactones) is 1. The van der Waals surface area contributed by atoms with Crippen LogP contribution in [0.15, 0.2) is 47.6 Å². The lowest BCUT2D eigenvalue weighted by atomic mass is 10.0. The van der Waals surface area contributed by atoms with Gasteiger partial charge >= 0.3 is 6.09 Å². The van der Waals surface area contributed by atoms with E-state index in [4.69, 9.17) is 10.3 Å². The van der Waals surface area contributed by atoms with Gasteiger partial charge in [0.1, 0.15) is 12.6 Å². The minimum Gasteiger partial charge on any atom is -0.447 e. The normalized spacial score (nSPS) is 18.6. The highest BCUT2D eigenvalue weighted by Gasteiger charge is 2.40. The van der Waals surface area contributed by atoms with E-state index in [-0.39, 0.29) is 19.1 Å². The molecule has 0 bridgehead atoms. The molecular formula is C16H18N4O3. The van der Waals surface area contributed by atoms with Crippen molar-refractivity contribution in [3.8, 4) is 0 Å². The Balaban J connectivity index is 2.17. The van der Waals surface area contributed by atoms with Gasteiger partial charge in [0.05, 0.1) is 6.04 Å². The average Bonchev–Trinajstić information content (AvgIpc) is 2.92. The molecular weight excluding hydrogens is 296 g/mol. The quantitative estimate of drug-likeness (QED) is 0.349. The van der Waals surface area contributed by atoms with E-state index < -0.39 is 18.0 Å². The number of rotatable bonds is 6. The van der Waals surface area contributed by atoms with E-state index in [0.717, 1.165) is 10.5 Å². The maximum atomic E-state index is 12.6. The Morgan fingerprint density at radius 1 is 1.52 bits per heavy atom. The lowest BCUT2D eigenvalue weighted by Gasteiger charge is -2.22. The molecule has 120 valence electrons. The Hall–Kier alpha value is -2.79. The molecule has 7 nitrogen and oxygen atoms in total. The molecule has 1 aliphatic rings. The summed E-state index contributed by atoms with van der Waals surface area (Å²) in [4.78, 5) is 28.3. The molecule has 7 heteroatoms. The Labute approximate surface area is 134 Å². The minimum atomic E-state index is -0.944. The highest BCUT2D eigenvalue weighted by molar-refractivity contribution is 5.96. The molecule has 0 N–H and O–H groups in total. The van der Waals surface area contributed by atoms with Gasteiger partial charge in [0, 0.05) is 4.91 Å². The second-order valence-corrected chi connectivity index (χ2v) is 5.15. The summed E-state index contributed by atoms with van der Waals surface area (Å²) in [6.45, 7) is 1.95. The molecule has 2 amide bonds. The molecule has 0 unspecified atom stereocenters. The van der Waals surface area contributed by atoms with Crippen molar-refractivity contribution < 1.29 is 14.3 Å². The van der Waals surface area contributed by atoms with Crippen LogP contribution in [-0.2, 0) is 16.0 Å². The summed E-state index contributed by atoms with van der Waals surface area (Å²) in [7, 11) is 0. The van der Waals surface area contributed by atoms with E-state index in [1.165, 1.54) is 0 Å². The fraction of sp³-hybridized carbons (Fsp3) is 0.375. The standard InChI is InChI=1S/C16H18N4O3/c1-2-3-9-14(18-19-17)15(21)20-13(11-23-16(20)22)10-12-7-5-4-6-8-12/h2-8,13-14H,9-11H2,1H3/t13-,14-/m0/s1. The van der Waals surface area contributed by atoms with Crippen molar-refractivity contribution in [2.75, 3.05) is 6.61 Å². The predicted molar refractivity (Wildman–Crippen MR) is 84.5 cm³/mol. The number of ether oxygens (including phenoxy) is 1. The molecule has 1 aromatic carbocycles. The van der Waals surface area contributed by atoms with Crippen LogP contribution in [0.2, 0.25) is 0 Å². The van der Waals surface area contributed by atoms with Gasteiger partial charge in [-0.1, -0.05) is 47.6 Å². The molecule has 0 radical (unpaired) electrons. The monoisotopic (exact) mass is 314 g/mol. The molecule has 0 aliphatic carbocycles. The predicted octanol–water partition coefficient (Wildman–Crippen LogP) is 3.22. The molecule has 1 fully saturated rings. The average molecular weight is 314 g/mol. The fourth-order valence-corrected chi connectivity index (χ4v) is 2.45. The molecule has 0 saturated carbocycles. The van der Waals surface area contributed by atoms with Crippen molar-refractivity contribution in [2.24, 2.45) is 5.11 Å². The van der Waals surface area contributed by atoms with Crippen LogP contribution in [0.25, 0.3) is 10.4 Å².